The second-order valence-electron chi connectivity index (χ2n) is 1.18. The highest BCUT2D eigenvalue weighted by molar-refractivity contribution is 8.02. The predicted molar refractivity (Wildman–Crippen MR) is 40.2 cm³/mol. The number of hydrogen-bond donors (Lipinski definition) is 1. The summed E-state index contributed by atoms with van der Waals surface area (Å²) in [6.07, 6.45) is 5.37. The zero-order valence-electron chi connectivity index (χ0n) is 5.09. The maximum absolute atomic E-state index is 5.39. The molecule has 0 aromatic carbocycles. The van der Waals surface area contributed by atoms with Crippen LogP contribution in [0.5, 0.6) is 0 Å². The van der Waals surface area contributed by atoms with Gasteiger partial charge in [-0.2, -0.15) is 0 Å². The third-order valence-corrected chi connectivity index (χ3v) is 1.23. The SMILES string of the molecule is CN=CC=C(N)SC. The van der Waals surface area contributed by atoms with Gasteiger partial charge in [-0.25, -0.2) is 0 Å². The Morgan fingerprint density at radius 3 is 2.75 bits per heavy atom. The van der Waals surface area contributed by atoms with Crippen molar-refractivity contribution in [1.29, 1.82) is 0 Å². The van der Waals surface area contributed by atoms with E-state index in [1.54, 1.807) is 19.3 Å². The van der Waals surface area contributed by atoms with E-state index >= 15 is 0 Å². The molecule has 0 saturated carbocycles. The van der Waals surface area contributed by atoms with E-state index in [2.05, 4.69) is 4.99 Å². The first-order valence-corrected chi connectivity index (χ1v) is 3.45. The summed E-state index contributed by atoms with van der Waals surface area (Å²) in [5.74, 6) is 0. The molecule has 0 aromatic heterocycles. The number of allylic oxidation sites excluding steroid dienone is 1. The molecule has 2 N–H and O–H groups in total. The molecule has 0 aliphatic carbocycles. The molecule has 0 radical (unpaired) electrons. The van der Waals surface area contributed by atoms with E-state index in [1.165, 1.54) is 11.8 Å². The first kappa shape index (κ1) is 7.56. The van der Waals surface area contributed by atoms with Crippen LogP contribution in [0.2, 0.25) is 0 Å². The molecule has 0 bridgehead atoms. The first-order valence-electron chi connectivity index (χ1n) is 2.23. The first-order chi connectivity index (χ1) is 3.81. The second-order valence-corrected chi connectivity index (χ2v) is 2.06. The Kier molecular flexibility index (Phi) is 4.45. The van der Waals surface area contributed by atoms with Crippen molar-refractivity contribution in [2.75, 3.05) is 13.3 Å². The Balaban J connectivity index is 3.57. The Morgan fingerprint density at radius 1 is 1.75 bits per heavy atom. The van der Waals surface area contributed by atoms with Gasteiger partial charge in [0.25, 0.3) is 0 Å². The molecule has 0 amide bonds. The molecule has 0 fully saturated rings. The number of nitrogens with zero attached hydrogens (tertiary/aromatic N) is 1. The van der Waals surface area contributed by atoms with Crippen molar-refractivity contribution in [1.82, 2.24) is 0 Å². The third-order valence-electron chi connectivity index (χ3n) is 0.624. The molecule has 0 saturated heterocycles. The van der Waals surface area contributed by atoms with Crippen LogP contribution in [0.15, 0.2) is 16.1 Å². The summed E-state index contributed by atoms with van der Waals surface area (Å²) in [6, 6.07) is 0. The van der Waals surface area contributed by atoms with Gasteiger partial charge in [-0.3, -0.25) is 4.99 Å². The quantitative estimate of drug-likeness (QED) is 0.563. The fourth-order valence-corrected chi connectivity index (χ4v) is 0.413. The van der Waals surface area contributed by atoms with E-state index in [4.69, 9.17) is 5.73 Å². The zero-order chi connectivity index (χ0) is 6.41. The number of thioether (sulfide) groups is 1. The highest BCUT2D eigenvalue weighted by Crippen LogP contribution is 2.00. The van der Waals surface area contributed by atoms with E-state index in [1.807, 2.05) is 6.26 Å². The van der Waals surface area contributed by atoms with Crippen molar-refractivity contribution in [2.45, 2.75) is 0 Å². The molecule has 46 valence electrons. The van der Waals surface area contributed by atoms with Crippen LogP contribution in [0.1, 0.15) is 0 Å². The number of aliphatic imine (C=N–C) groups is 1. The van der Waals surface area contributed by atoms with Crippen LogP contribution in [0.25, 0.3) is 0 Å². The van der Waals surface area contributed by atoms with Crippen LogP contribution in [0.3, 0.4) is 0 Å². The largest absolute Gasteiger partial charge is 0.393 e. The van der Waals surface area contributed by atoms with Crippen molar-refractivity contribution in [3.05, 3.63) is 11.1 Å². The molecule has 0 aromatic rings. The smallest absolute Gasteiger partial charge is 0.0667 e. The molecule has 0 atom stereocenters. The van der Waals surface area contributed by atoms with Crippen molar-refractivity contribution >= 4 is 18.0 Å². The Morgan fingerprint density at radius 2 is 2.38 bits per heavy atom. The maximum Gasteiger partial charge on any atom is 0.0667 e. The summed E-state index contributed by atoms with van der Waals surface area (Å²) < 4.78 is 0. The Hall–Kier alpha value is -0.440. The molecule has 0 aliphatic rings. The van der Waals surface area contributed by atoms with Crippen LogP contribution in [-0.4, -0.2) is 19.5 Å². The summed E-state index contributed by atoms with van der Waals surface area (Å²) in [7, 11) is 1.71. The number of rotatable bonds is 2. The lowest BCUT2D eigenvalue weighted by Gasteiger charge is -1.87. The standard InChI is InChI=1S/C5H10N2S/c1-7-4-3-5(6)8-2/h3-4H,6H2,1-2H3. The molecule has 2 nitrogen and oxygen atoms in total. The topological polar surface area (TPSA) is 38.4 Å². The van der Waals surface area contributed by atoms with Crippen molar-refractivity contribution in [3.8, 4) is 0 Å². The summed E-state index contributed by atoms with van der Waals surface area (Å²) >= 11 is 1.51. The highest BCUT2D eigenvalue weighted by Gasteiger charge is 1.77. The highest BCUT2D eigenvalue weighted by atomic mass is 32.2. The summed E-state index contributed by atoms with van der Waals surface area (Å²) in [4.78, 5) is 3.73. The van der Waals surface area contributed by atoms with E-state index < -0.39 is 0 Å². The summed E-state index contributed by atoms with van der Waals surface area (Å²) in [5.41, 5.74) is 5.39. The van der Waals surface area contributed by atoms with Gasteiger partial charge < -0.3 is 5.73 Å². The summed E-state index contributed by atoms with van der Waals surface area (Å²) in [6.45, 7) is 0. The van der Waals surface area contributed by atoms with E-state index in [0.29, 0.717) is 0 Å². The van der Waals surface area contributed by atoms with Crippen LogP contribution in [0.4, 0.5) is 0 Å². The van der Waals surface area contributed by atoms with E-state index in [-0.39, 0.29) is 0 Å². The fraction of sp³-hybridized carbons (Fsp3) is 0.400. The zero-order valence-corrected chi connectivity index (χ0v) is 5.90. The average molecular weight is 130 g/mol. The van der Waals surface area contributed by atoms with Crippen molar-refractivity contribution in [3.63, 3.8) is 0 Å². The molecule has 0 unspecified atom stereocenters. The molecular weight excluding hydrogens is 120 g/mol. The molecule has 0 aliphatic heterocycles. The van der Waals surface area contributed by atoms with Crippen molar-refractivity contribution < 1.29 is 0 Å². The number of hydrogen-bond acceptors (Lipinski definition) is 3. The van der Waals surface area contributed by atoms with Gasteiger partial charge in [0.15, 0.2) is 0 Å². The van der Waals surface area contributed by atoms with Gasteiger partial charge in [-0.15, -0.1) is 11.8 Å². The van der Waals surface area contributed by atoms with Crippen molar-refractivity contribution in [2.24, 2.45) is 10.7 Å². The molecule has 0 spiro atoms. The van der Waals surface area contributed by atoms with E-state index in [9.17, 15) is 0 Å². The van der Waals surface area contributed by atoms with Gasteiger partial charge in [0.2, 0.25) is 0 Å². The average Bonchev–Trinajstić information content (AvgIpc) is 1.83. The van der Waals surface area contributed by atoms with Gasteiger partial charge in [0.1, 0.15) is 0 Å². The van der Waals surface area contributed by atoms with Gasteiger partial charge >= 0.3 is 0 Å². The predicted octanol–water partition coefficient (Wildman–Crippen LogP) is 0.850. The van der Waals surface area contributed by atoms with Gasteiger partial charge in [0, 0.05) is 13.3 Å². The Bertz CT molecular complexity index is 107. The van der Waals surface area contributed by atoms with E-state index in [0.717, 1.165) is 5.03 Å². The fourth-order valence-electron chi connectivity index (χ4n) is 0.216. The lowest BCUT2D eigenvalue weighted by Crippen LogP contribution is -1.89. The van der Waals surface area contributed by atoms with Gasteiger partial charge in [0.05, 0.1) is 5.03 Å². The maximum atomic E-state index is 5.39. The van der Waals surface area contributed by atoms with Crippen LogP contribution in [0, 0.1) is 0 Å². The lowest BCUT2D eigenvalue weighted by atomic mass is 10.7. The molecule has 3 heteroatoms. The second kappa shape index (κ2) is 4.71. The van der Waals surface area contributed by atoms with Crippen LogP contribution >= 0.6 is 11.8 Å². The van der Waals surface area contributed by atoms with Crippen LogP contribution < -0.4 is 5.73 Å². The molecular formula is C5H10N2S. The Labute approximate surface area is 53.9 Å². The minimum Gasteiger partial charge on any atom is -0.393 e. The van der Waals surface area contributed by atoms with Gasteiger partial charge in [-0.1, -0.05) is 0 Å². The molecule has 0 rings (SSSR count). The van der Waals surface area contributed by atoms with Crippen LogP contribution in [-0.2, 0) is 0 Å². The molecule has 0 heterocycles. The summed E-state index contributed by atoms with van der Waals surface area (Å²) in [5, 5.41) is 0.788. The minimum absolute atomic E-state index is 0.788. The lowest BCUT2D eigenvalue weighted by molar-refractivity contribution is 1.47. The normalized spacial score (nSPS) is 13.0. The number of nitrogens with two attached hydrogens (primary N) is 1. The van der Waals surface area contributed by atoms with Gasteiger partial charge in [-0.05, 0) is 12.3 Å². The minimum atomic E-state index is 0.788. The molecule has 8 heavy (non-hydrogen) atoms. The third kappa shape index (κ3) is 3.74. The monoisotopic (exact) mass is 130 g/mol.